The summed E-state index contributed by atoms with van der Waals surface area (Å²) in [7, 11) is 0. The normalized spacial score (nSPS) is 31.6. The summed E-state index contributed by atoms with van der Waals surface area (Å²) >= 11 is 0. The highest BCUT2D eigenvalue weighted by molar-refractivity contribution is 5.79. The Morgan fingerprint density at radius 3 is 2.78 bits per heavy atom. The second-order valence-corrected chi connectivity index (χ2v) is 5.94. The largest absolute Gasteiger partial charge is 0.481 e. The predicted molar refractivity (Wildman–Crippen MR) is 67.1 cm³/mol. The molecular formula is C13H22N2O3. The number of carbonyl (C=O) groups excluding carboxylic acids is 1. The SMILES string of the molecule is CC(C)NC(=O)CN1C[C@@H]2CCC[C@@]2(C(=O)O)C1. The van der Waals surface area contributed by atoms with Gasteiger partial charge in [-0.15, -0.1) is 0 Å². The molecular weight excluding hydrogens is 232 g/mol. The van der Waals surface area contributed by atoms with Gasteiger partial charge in [-0.2, -0.15) is 0 Å². The highest BCUT2D eigenvalue weighted by Gasteiger charge is 2.54. The van der Waals surface area contributed by atoms with E-state index in [0.29, 0.717) is 13.1 Å². The fourth-order valence-electron chi connectivity index (χ4n) is 3.43. The van der Waals surface area contributed by atoms with Crippen molar-refractivity contribution in [1.29, 1.82) is 0 Å². The number of hydrogen-bond acceptors (Lipinski definition) is 3. The van der Waals surface area contributed by atoms with Crippen LogP contribution in [0.5, 0.6) is 0 Å². The lowest BCUT2D eigenvalue weighted by atomic mass is 9.81. The number of hydrogen-bond donors (Lipinski definition) is 2. The Balaban J connectivity index is 1.95. The van der Waals surface area contributed by atoms with E-state index in [-0.39, 0.29) is 17.9 Å². The average Bonchev–Trinajstić information content (AvgIpc) is 2.72. The van der Waals surface area contributed by atoms with Crippen LogP contribution in [0.4, 0.5) is 0 Å². The van der Waals surface area contributed by atoms with Crippen LogP contribution in [0.25, 0.3) is 0 Å². The predicted octanol–water partition coefficient (Wildman–Crippen LogP) is 0.698. The molecule has 1 amide bonds. The van der Waals surface area contributed by atoms with Gasteiger partial charge in [-0.3, -0.25) is 14.5 Å². The van der Waals surface area contributed by atoms with Gasteiger partial charge in [0.15, 0.2) is 0 Å². The van der Waals surface area contributed by atoms with Crippen LogP contribution in [0.1, 0.15) is 33.1 Å². The molecule has 5 nitrogen and oxygen atoms in total. The number of nitrogens with one attached hydrogen (secondary N) is 1. The summed E-state index contributed by atoms with van der Waals surface area (Å²) in [6, 6.07) is 0.132. The monoisotopic (exact) mass is 254 g/mol. The molecule has 2 atom stereocenters. The summed E-state index contributed by atoms with van der Waals surface area (Å²) in [5.74, 6) is -0.468. The lowest BCUT2D eigenvalue weighted by Gasteiger charge is -2.23. The standard InChI is InChI=1S/C13H22N2O3/c1-9(2)14-11(16)7-15-6-10-4-3-5-13(10,8-15)12(17)18/h9-10H,3-8H2,1-2H3,(H,14,16)(H,17,18)/t10-,13+/m0/s1. The molecule has 1 aliphatic carbocycles. The van der Waals surface area contributed by atoms with Gasteiger partial charge in [0, 0.05) is 19.1 Å². The van der Waals surface area contributed by atoms with E-state index in [1.165, 1.54) is 0 Å². The molecule has 2 rings (SSSR count). The average molecular weight is 254 g/mol. The van der Waals surface area contributed by atoms with Crippen molar-refractivity contribution in [2.75, 3.05) is 19.6 Å². The Bertz CT molecular complexity index is 356. The number of fused-ring (bicyclic) bond motifs is 1. The van der Waals surface area contributed by atoms with E-state index in [0.717, 1.165) is 25.8 Å². The third-order valence-electron chi connectivity index (χ3n) is 4.18. The van der Waals surface area contributed by atoms with Crippen LogP contribution >= 0.6 is 0 Å². The van der Waals surface area contributed by atoms with Gasteiger partial charge < -0.3 is 10.4 Å². The van der Waals surface area contributed by atoms with Crippen LogP contribution in [-0.2, 0) is 9.59 Å². The molecule has 18 heavy (non-hydrogen) atoms. The van der Waals surface area contributed by atoms with Gasteiger partial charge in [0.05, 0.1) is 12.0 Å². The molecule has 1 heterocycles. The molecule has 2 N–H and O–H groups in total. The first-order valence-electron chi connectivity index (χ1n) is 6.69. The molecule has 0 spiro atoms. The van der Waals surface area contributed by atoms with Crippen molar-refractivity contribution in [2.24, 2.45) is 11.3 Å². The molecule has 0 aromatic heterocycles. The maximum atomic E-state index is 11.7. The molecule has 0 radical (unpaired) electrons. The number of aliphatic carboxylic acids is 1. The van der Waals surface area contributed by atoms with Crippen LogP contribution in [0.3, 0.4) is 0 Å². The van der Waals surface area contributed by atoms with E-state index in [2.05, 4.69) is 5.32 Å². The van der Waals surface area contributed by atoms with Gasteiger partial charge in [0.1, 0.15) is 0 Å². The van der Waals surface area contributed by atoms with Gasteiger partial charge in [0.2, 0.25) is 5.91 Å². The van der Waals surface area contributed by atoms with E-state index >= 15 is 0 Å². The number of nitrogens with zero attached hydrogens (tertiary/aromatic N) is 1. The minimum atomic E-state index is -0.684. The minimum Gasteiger partial charge on any atom is -0.481 e. The van der Waals surface area contributed by atoms with Gasteiger partial charge in [-0.1, -0.05) is 6.42 Å². The maximum absolute atomic E-state index is 11.7. The smallest absolute Gasteiger partial charge is 0.311 e. The third-order valence-corrected chi connectivity index (χ3v) is 4.18. The Hall–Kier alpha value is -1.10. The second kappa shape index (κ2) is 4.88. The van der Waals surface area contributed by atoms with Crippen molar-refractivity contribution in [3.63, 3.8) is 0 Å². The highest BCUT2D eigenvalue weighted by Crippen LogP contribution is 2.48. The Kier molecular flexibility index (Phi) is 3.61. The lowest BCUT2D eigenvalue weighted by Crippen LogP contribution is -2.41. The van der Waals surface area contributed by atoms with Crippen molar-refractivity contribution in [3.8, 4) is 0 Å². The van der Waals surface area contributed by atoms with E-state index in [9.17, 15) is 14.7 Å². The second-order valence-electron chi connectivity index (χ2n) is 5.94. The Morgan fingerprint density at radius 2 is 2.22 bits per heavy atom. The lowest BCUT2D eigenvalue weighted by molar-refractivity contribution is -0.149. The first kappa shape index (κ1) is 13.3. The van der Waals surface area contributed by atoms with Crippen LogP contribution in [0.15, 0.2) is 0 Å². The van der Waals surface area contributed by atoms with Crippen molar-refractivity contribution >= 4 is 11.9 Å². The van der Waals surface area contributed by atoms with Crippen LogP contribution < -0.4 is 5.32 Å². The zero-order valence-corrected chi connectivity index (χ0v) is 11.1. The molecule has 1 saturated heterocycles. The number of carbonyl (C=O) groups is 2. The zero-order chi connectivity index (χ0) is 13.3. The maximum Gasteiger partial charge on any atom is 0.311 e. The van der Waals surface area contributed by atoms with Crippen molar-refractivity contribution in [1.82, 2.24) is 10.2 Å². The van der Waals surface area contributed by atoms with E-state index < -0.39 is 11.4 Å². The summed E-state index contributed by atoms with van der Waals surface area (Å²) in [5.41, 5.74) is -0.585. The van der Waals surface area contributed by atoms with Crippen molar-refractivity contribution < 1.29 is 14.7 Å². The first-order chi connectivity index (χ1) is 8.44. The quantitative estimate of drug-likeness (QED) is 0.774. The minimum absolute atomic E-state index is 0.00878. The fourth-order valence-corrected chi connectivity index (χ4v) is 3.43. The zero-order valence-electron chi connectivity index (χ0n) is 11.1. The van der Waals surface area contributed by atoms with Gasteiger partial charge in [-0.25, -0.2) is 0 Å². The molecule has 2 fully saturated rings. The first-order valence-corrected chi connectivity index (χ1v) is 6.69. The van der Waals surface area contributed by atoms with Gasteiger partial charge >= 0.3 is 5.97 Å². The van der Waals surface area contributed by atoms with E-state index in [1.807, 2.05) is 18.7 Å². The Labute approximate surface area is 108 Å². The number of likely N-dealkylation sites (tertiary alicyclic amines) is 1. The fraction of sp³-hybridized carbons (Fsp3) is 0.846. The number of carboxylic acids is 1. The number of amides is 1. The Morgan fingerprint density at radius 1 is 1.50 bits per heavy atom. The topological polar surface area (TPSA) is 69.6 Å². The van der Waals surface area contributed by atoms with Crippen molar-refractivity contribution in [2.45, 2.75) is 39.2 Å². The van der Waals surface area contributed by atoms with Crippen LogP contribution in [-0.4, -0.2) is 47.6 Å². The molecule has 0 aromatic rings. The summed E-state index contributed by atoms with van der Waals surface area (Å²) in [6.45, 7) is 5.45. The summed E-state index contributed by atoms with van der Waals surface area (Å²) in [6.07, 6.45) is 2.74. The third kappa shape index (κ3) is 2.36. The molecule has 0 aromatic carbocycles. The molecule has 1 aliphatic heterocycles. The van der Waals surface area contributed by atoms with Gasteiger partial charge in [-0.05, 0) is 32.6 Å². The summed E-state index contributed by atoms with van der Waals surface area (Å²) < 4.78 is 0. The molecule has 0 unspecified atom stereocenters. The number of rotatable bonds is 4. The summed E-state index contributed by atoms with van der Waals surface area (Å²) in [4.78, 5) is 25.2. The molecule has 2 aliphatic rings. The number of carboxylic acid groups (broad SMARTS) is 1. The highest BCUT2D eigenvalue weighted by atomic mass is 16.4. The van der Waals surface area contributed by atoms with Crippen LogP contribution in [0, 0.1) is 11.3 Å². The molecule has 102 valence electrons. The molecule has 0 bridgehead atoms. The molecule has 1 saturated carbocycles. The van der Waals surface area contributed by atoms with Gasteiger partial charge in [0.25, 0.3) is 0 Å². The summed E-state index contributed by atoms with van der Waals surface area (Å²) in [5, 5.41) is 12.3. The van der Waals surface area contributed by atoms with E-state index in [1.54, 1.807) is 0 Å². The van der Waals surface area contributed by atoms with Crippen molar-refractivity contribution in [3.05, 3.63) is 0 Å². The van der Waals surface area contributed by atoms with Crippen LogP contribution in [0.2, 0.25) is 0 Å². The van der Waals surface area contributed by atoms with E-state index in [4.69, 9.17) is 0 Å². The molecule has 5 heteroatoms.